The molecule has 0 radical (unpaired) electrons. The molecule has 0 amide bonds. The van der Waals surface area contributed by atoms with E-state index < -0.39 is 7.60 Å². The maximum Gasteiger partial charge on any atom is 0.379 e. The molecule has 0 aliphatic carbocycles. The zero-order valence-corrected chi connectivity index (χ0v) is 15.2. The molecule has 4 nitrogen and oxygen atoms in total. The lowest BCUT2D eigenvalue weighted by Gasteiger charge is -2.19. The molecule has 0 aliphatic heterocycles. The summed E-state index contributed by atoms with van der Waals surface area (Å²) in [5, 5.41) is 0. The highest BCUT2D eigenvalue weighted by Gasteiger charge is 2.25. The van der Waals surface area contributed by atoms with Crippen LogP contribution in [0, 0.1) is 0 Å². The second kappa shape index (κ2) is 11.4. The van der Waals surface area contributed by atoms with E-state index in [4.69, 9.17) is 9.05 Å². The number of benzene rings is 1. The standard InChI is InChI=1S/C18H29O4P/c1-3-5-7-8-9-14-21-23(20,15-6-4-2)22-18-12-10-17(16-19)11-13-18/h10-13,16H,3-9,14-15H2,1-2H3. The molecule has 1 rings (SSSR count). The molecule has 1 unspecified atom stereocenters. The second-order valence-electron chi connectivity index (χ2n) is 5.71. The van der Waals surface area contributed by atoms with Gasteiger partial charge in [0, 0.05) is 5.56 Å². The van der Waals surface area contributed by atoms with Crippen molar-refractivity contribution in [3.63, 3.8) is 0 Å². The fraction of sp³-hybridized carbons (Fsp3) is 0.611. The maximum absolute atomic E-state index is 12.9. The number of rotatable bonds is 13. The van der Waals surface area contributed by atoms with Crippen molar-refractivity contribution in [1.82, 2.24) is 0 Å². The van der Waals surface area contributed by atoms with Gasteiger partial charge in [0.2, 0.25) is 0 Å². The molecule has 1 aromatic rings. The van der Waals surface area contributed by atoms with Gasteiger partial charge in [-0.3, -0.25) is 9.32 Å². The van der Waals surface area contributed by atoms with Gasteiger partial charge in [-0.15, -0.1) is 0 Å². The van der Waals surface area contributed by atoms with E-state index in [0.717, 1.165) is 32.0 Å². The van der Waals surface area contributed by atoms with E-state index in [9.17, 15) is 9.36 Å². The van der Waals surface area contributed by atoms with Gasteiger partial charge in [-0.25, -0.2) is 4.57 Å². The molecular formula is C18H29O4P. The van der Waals surface area contributed by atoms with Crippen molar-refractivity contribution in [1.29, 1.82) is 0 Å². The summed E-state index contributed by atoms with van der Waals surface area (Å²) in [6.45, 7) is 4.70. The predicted octanol–water partition coefficient (Wildman–Crippen LogP) is 5.86. The van der Waals surface area contributed by atoms with Crippen molar-refractivity contribution < 1.29 is 18.4 Å². The minimum absolute atomic E-state index is 0.424. The Hall–Kier alpha value is -1.12. The van der Waals surface area contributed by atoms with Crippen LogP contribution in [0.5, 0.6) is 5.75 Å². The average Bonchev–Trinajstić information content (AvgIpc) is 2.57. The van der Waals surface area contributed by atoms with Crippen LogP contribution in [-0.4, -0.2) is 19.1 Å². The first-order chi connectivity index (χ1) is 11.1. The monoisotopic (exact) mass is 340 g/mol. The summed E-state index contributed by atoms with van der Waals surface area (Å²) in [4.78, 5) is 10.7. The minimum atomic E-state index is -3.13. The van der Waals surface area contributed by atoms with Crippen molar-refractivity contribution in [3.05, 3.63) is 29.8 Å². The summed E-state index contributed by atoms with van der Waals surface area (Å²) in [5.74, 6) is 0.487. The van der Waals surface area contributed by atoms with Gasteiger partial charge in [-0.2, -0.15) is 0 Å². The first-order valence-electron chi connectivity index (χ1n) is 8.62. The van der Waals surface area contributed by atoms with Gasteiger partial charge in [-0.1, -0.05) is 46.0 Å². The van der Waals surface area contributed by atoms with Crippen LogP contribution in [0.1, 0.15) is 69.2 Å². The van der Waals surface area contributed by atoms with Crippen LogP contribution < -0.4 is 4.52 Å². The Balaban J connectivity index is 2.54. The summed E-state index contributed by atoms with van der Waals surface area (Å²) in [5.41, 5.74) is 0.567. The zero-order valence-electron chi connectivity index (χ0n) is 14.3. The SMILES string of the molecule is CCCCCCCOP(=O)(CCCC)Oc1ccc(C=O)cc1. The predicted molar refractivity (Wildman–Crippen MR) is 94.6 cm³/mol. The second-order valence-corrected chi connectivity index (χ2v) is 7.82. The lowest BCUT2D eigenvalue weighted by molar-refractivity contribution is 0.112. The van der Waals surface area contributed by atoms with E-state index in [1.165, 1.54) is 19.3 Å². The highest BCUT2D eigenvalue weighted by atomic mass is 31.2. The average molecular weight is 340 g/mol. The Labute approximate surface area is 140 Å². The third kappa shape index (κ3) is 8.34. The lowest BCUT2D eigenvalue weighted by Crippen LogP contribution is -2.04. The molecule has 0 aliphatic rings. The van der Waals surface area contributed by atoms with Crippen molar-refractivity contribution in [2.45, 2.75) is 58.8 Å². The number of carbonyl (C=O) groups is 1. The van der Waals surface area contributed by atoms with E-state index in [1.807, 2.05) is 6.92 Å². The number of aldehydes is 1. The van der Waals surface area contributed by atoms with E-state index in [0.29, 0.717) is 24.1 Å². The fourth-order valence-corrected chi connectivity index (χ4v) is 3.99. The summed E-state index contributed by atoms with van der Waals surface area (Å²) < 4.78 is 24.2. The van der Waals surface area contributed by atoms with Gasteiger partial charge in [0.1, 0.15) is 12.0 Å². The molecule has 1 aromatic carbocycles. The molecule has 0 aromatic heterocycles. The van der Waals surface area contributed by atoms with Crippen molar-refractivity contribution in [2.75, 3.05) is 12.8 Å². The highest BCUT2D eigenvalue weighted by Crippen LogP contribution is 2.49. The van der Waals surface area contributed by atoms with Crippen LogP contribution in [0.2, 0.25) is 0 Å². The molecule has 23 heavy (non-hydrogen) atoms. The molecule has 0 saturated carbocycles. The zero-order chi connectivity index (χ0) is 17.0. The minimum Gasteiger partial charge on any atom is -0.424 e. The van der Waals surface area contributed by atoms with Crippen LogP contribution in [0.3, 0.4) is 0 Å². The maximum atomic E-state index is 12.9. The number of hydrogen-bond acceptors (Lipinski definition) is 4. The third-order valence-electron chi connectivity index (χ3n) is 3.58. The number of hydrogen-bond donors (Lipinski definition) is 0. The van der Waals surface area contributed by atoms with Crippen LogP contribution in [0.25, 0.3) is 0 Å². The molecule has 1 atom stereocenters. The van der Waals surface area contributed by atoms with Gasteiger partial charge in [0.25, 0.3) is 0 Å². The fourth-order valence-electron chi connectivity index (χ4n) is 2.17. The van der Waals surface area contributed by atoms with Crippen LogP contribution >= 0.6 is 7.60 Å². The van der Waals surface area contributed by atoms with Gasteiger partial charge in [0.15, 0.2) is 0 Å². The Morgan fingerprint density at radius 1 is 0.957 bits per heavy atom. The molecule has 0 saturated heterocycles. The highest BCUT2D eigenvalue weighted by molar-refractivity contribution is 7.54. The first-order valence-corrected chi connectivity index (χ1v) is 10.3. The summed E-state index contributed by atoms with van der Waals surface area (Å²) >= 11 is 0. The molecule has 0 spiro atoms. The Kier molecular flexibility index (Phi) is 9.89. The van der Waals surface area contributed by atoms with Gasteiger partial charge >= 0.3 is 7.60 Å². The summed E-state index contributed by atoms with van der Waals surface area (Å²) in [7, 11) is -3.13. The van der Waals surface area contributed by atoms with E-state index in [-0.39, 0.29) is 0 Å². The normalized spacial score (nSPS) is 13.5. The smallest absolute Gasteiger partial charge is 0.379 e. The quantitative estimate of drug-likeness (QED) is 0.256. The van der Waals surface area contributed by atoms with E-state index in [1.54, 1.807) is 24.3 Å². The Morgan fingerprint density at radius 2 is 1.61 bits per heavy atom. The molecule has 5 heteroatoms. The van der Waals surface area contributed by atoms with Gasteiger partial charge in [-0.05, 0) is 37.1 Å². The Bertz CT molecular complexity index is 484. The number of unbranched alkanes of at least 4 members (excludes halogenated alkanes) is 5. The number of carbonyl (C=O) groups excluding carboxylic acids is 1. The van der Waals surface area contributed by atoms with Gasteiger partial charge in [0.05, 0.1) is 12.8 Å². The van der Waals surface area contributed by atoms with Gasteiger partial charge < -0.3 is 4.52 Å². The molecule has 0 N–H and O–H groups in total. The summed E-state index contributed by atoms with van der Waals surface area (Å²) in [6, 6.07) is 6.62. The van der Waals surface area contributed by atoms with Crippen LogP contribution in [-0.2, 0) is 9.09 Å². The van der Waals surface area contributed by atoms with Crippen molar-refractivity contribution in [2.24, 2.45) is 0 Å². The van der Waals surface area contributed by atoms with E-state index in [2.05, 4.69) is 6.92 Å². The third-order valence-corrected chi connectivity index (χ3v) is 5.51. The largest absolute Gasteiger partial charge is 0.424 e. The lowest BCUT2D eigenvalue weighted by atomic mass is 10.2. The topological polar surface area (TPSA) is 52.6 Å². The van der Waals surface area contributed by atoms with Crippen molar-refractivity contribution >= 4 is 13.9 Å². The molecular weight excluding hydrogens is 311 g/mol. The van der Waals surface area contributed by atoms with E-state index >= 15 is 0 Å². The molecule has 130 valence electrons. The Morgan fingerprint density at radius 3 is 2.22 bits per heavy atom. The first kappa shape index (κ1) is 19.9. The van der Waals surface area contributed by atoms with Crippen molar-refractivity contribution in [3.8, 4) is 5.75 Å². The molecule has 0 fully saturated rings. The van der Waals surface area contributed by atoms with Crippen LogP contribution in [0.4, 0.5) is 0 Å². The summed E-state index contributed by atoms with van der Waals surface area (Å²) in [6.07, 6.45) is 8.56. The molecule has 0 bridgehead atoms. The molecule has 0 heterocycles. The van der Waals surface area contributed by atoms with Crippen LogP contribution in [0.15, 0.2) is 24.3 Å².